The van der Waals surface area contributed by atoms with E-state index in [1.165, 1.54) is 23.8 Å². The van der Waals surface area contributed by atoms with Crippen molar-refractivity contribution in [3.63, 3.8) is 0 Å². The average molecular weight is 451 g/mol. The van der Waals surface area contributed by atoms with Gasteiger partial charge in [0.15, 0.2) is 17.1 Å². The largest absolute Gasteiger partial charge is 0.493 e. The molecule has 168 valence electrons. The van der Waals surface area contributed by atoms with Crippen LogP contribution in [0.2, 0.25) is 0 Å². The topological polar surface area (TPSA) is 114 Å². The van der Waals surface area contributed by atoms with Crippen LogP contribution in [-0.2, 0) is 31.1 Å². The van der Waals surface area contributed by atoms with Crippen molar-refractivity contribution in [1.82, 2.24) is 10.2 Å². The van der Waals surface area contributed by atoms with Crippen LogP contribution >= 0.6 is 11.8 Å². The lowest BCUT2D eigenvalue weighted by atomic mass is 9.85. The average Bonchev–Trinajstić information content (AvgIpc) is 2.99. The number of aliphatic carboxylic acids is 1. The molecule has 1 aromatic carbocycles. The van der Waals surface area contributed by atoms with Gasteiger partial charge in [-0.1, -0.05) is 0 Å². The zero-order valence-corrected chi connectivity index (χ0v) is 18.9. The molecule has 2 N–H and O–H groups in total. The van der Waals surface area contributed by atoms with E-state index in [1.54, 1.807) is 33.9 Å². The molecule has 31 heavy (non-hydrogen) atoms. The zero-order chi connectivity index (χ0) is 22.7. The molecule has 1 unspecified atom stereocenters. The van der Waals surface area contributed by atoms with E-state index < -0.39 is 45.6 Å². The highest BCUT2D eigenvalue weighted by Crippen LogP contribution is 2.51. The molecule has 3 aliphatic rings. The molecule has 4 atom stereocenters. The van der Waals surface area contributed by atoms with Crippen LogP contribution in [0.4, 0.5) is 0 Å². The molecule has 2 fully saturated rings. The number of nitrogens with one attached hydrogen (secondary N) is 1. The Balaban J connectivity index is 1.60. The van der Waals surface area contributed by atoms with Crippen LogP contribution in [0.1, 0.15) is 31.9 Å². The van der Waals surface area contributed by atoms with Gasteiger partial charge in [-0.3, -0.25) is 9.59 Å². The van der Waals surface area contributed by atoms with Gasteiger partial charge in [-0.2, -0.15) is 0 Å². The number of carbonyl (C=O) groups is 3. The summed E-state index contributed by atoms with van der Waals surface area (Å²) >= 11 is 1.38. The van der Waals surface area contributed by atoms with E-state index in [1.807, 2.05) is 6.07 Å². The predicted molar refractivity (Wildman–Crippen MR) is 112 cm³/mol. The number of hydrogen-bond acceptors (Lipinski definition) is 7. The summed E-state index contributed by atoms with van der Waals surface area (Å²) in [5.74, 6) is -0.837. The molecule has 2 saturated heterocycles. The number of benzene rings is 1. The fourth-order valence-corrected chi connectivity index (χ4v) is 6.25. The highest BCUT2D eigenvalue weighted by atomic mass is 32.2. The summed E-state index contributed by atoms with van der Waals surface area (Å²) in [6.07, 6.45) is 0.613. The minimum absolute atomic E-state index is 0.337. The third-order valence-corrected chi connectivity index (χ3v) is 7.85. The van der Waals surface area contributed by atoms with Crippen molar-refractivity contribution in [1.29, 1.82) is 0 Å². The van der Waals surface area contributed by atoms with Gasteiger partial charge in [0.25, 0.3) is 5.91 Å². The molecule has 0 aliphatic carbocycles. The lowest BCUT2D eigenvalue weighted by molar-refractivity contribution is -0.164. The molecular weight excluding hydrogens is 424 g/mol. The van der Waals surface area contributed by atoms with Gasteiger partial charge < -0.3 is 29.5 Å². The van der Waals surface area contributed by atoms with E-state index in [2.05, 4.69) is 5.32 Å². The van der Waals surface area contributed by atoms with Crippen molar-refractivity contribution >= 4 is 29.5 Å². The molecule has 0 saturated carbocycles. The Kier molecular flexibility index (Phi) is 5.13. The molecule has 3 heterocycles. The molecule has 0 aromatic heterocycles. The van der Waals surface area contributed by atoms with Crippen molar-refractivity contribution in [2.75, 3.05) is 20.8 Å². The number of rotatable bonds is 5. The van der Waals surface area contributed by atoms with Crippen LogP contribution in [-0.4, -0.2) is 70.8 Å². The van der Waals surface area contributed by atoms with Crippen LogP contribution in [0.3, 0.4) is 0 Å². The van der Waals surface area contributed by atoms with E-state index in [0.717, 1.165) is 5.56 Å². The molecule has 10 heteroatoms. The number of thioether (sulfide) groups is 1. The van der Waals surface area contributed by atoms with Crippen molar-refractivity contribution in [2.24, 2.45) is 0 Å². The second-order valence-electron chi connectivity index (χ2n) is 8.55. The second-order valence-corrected chi connectivity index (χ2v) is 10.3. The SMILES string of the molecule is COc1cc2c(cc1OC)C(C)(C(=O)N[C@@H]1C(=O)N3[C@@H]1SC(C)(C)[C@@H]3C(=O)O)OCC2. The Hall–Kier alpha value is -2.46. The fourth-order valence-electron chi connectivity index (χ4n) is 4.63. The first kappa shape index (κ1) is 21.8. The van der Waals surface area contributed by atoms with Gasteiger partial charge in [-0.15, -0.1) is 11.8 Å². The van der Waals surface area contributed by atoms with Gasteiger partial charge >= 0.3 is 5.97 Å². The third kappa shape index (κ3) is 3.15. The fraction of sp³-hybridized carbons (Fsp3) is 0.571. The van der Waals surface area contributed by atoms with Gasteiger partial charge in [0.05, 0.1) is 20.8 Å². The summed E-state index contributed by atoms with van der Waals surface area (Å²) < 4.78 is 16.0. The third-order valence-electron chi connectivity index (χ3n) is 6.28. The number of methoxy groups -OCH3 is 2. The summed E-state index contributed by atoms with van der Waals surface area (Å²) in [5.41, 5.74) is 0.240. The second kappa shape index (κ2) is 7.30. The first-order valence-electron chi connectivity index (χ1n) is 9.98. The quantitative estimate of drug-likeness (QED) is 0.642. The number of fused-ring (bicyclic) bond motifs is 2. The Labute approximate surface area is 184 Å². The Morgan fingerprint density at radius 2 is 1.87 bits per heavy atom. The number of nitrogens with zero attached hydrogens (tertiary/aromatic N) is 1. The van der Waals surface area contributed by atoms with Crippen LogP contribution in [0, 0.1) is 0 Å². The summed E-state index contributed by atoms with van der Waals surface area (Å²) in [5, 5.41) is 12.0. The summed E-state index contributed by atoms with van der Waals surface area (Å²) in [6, 6.07) is 1.84. The van der Waals surface area contributed by atoms with Gasteiger partial charge in [0.2, 0.25) is 5.91 Å². The minimum atomic E-state index is -1.32. The van der Waals surface area contributed by atoms with Gasteiger partial charge in [-0.25, -0.2) is 4.79 Å². The molecule has 0 radical (unpaired) electrons. The molecule has 4 rings (SSSR count). The molecule has 0 bridgehead atoms. The summed E-state index contributed by atoms with van der Waals surface area (Å²) in [4.78, 5) is 39.1. The molecule has 2 amide bonds. The number of amides is 2. The van der Waals surface area contributed by atoms with Gasteiger partial charge in [0.1, 0.15) is 17.5 Å². The number of carboxylic acid groups (broad SMARTS) is 1. The van der Waals surface area contributed by atoms with E-state index in [-0.39, 0.29) is 0 Å². The monoisotopic (exact) mass is 450 g/mol. The first-order valence-corrected chi connectivity index (χ1v) is 10.9. The summed E-state index contributed by atoms with van der Waals surface area (Å²) in [6.45, 7) is 5.59. The Bertz CT molecular complexity index is 965. The first-order chi connectivity index (χ1) is 14.5. The lowest BCUT2D eigenvalue weighted by Gasteiger charge is -2.45. The van der Waals surface area contributed by atoms with E-state index in [4.69, 9.17) is 14.2 Å². The normalized spacial score (nSPS) is 30.7. The van der Waals surface area contributed by atoms with Crippen molar-refractivity contribution in [2.45, 2.75) is 55.0 Å². The molecular formula is C21H26N2O7S. The van der Waals surface area contributed by atoms with E-state index in [0.29, 0.717) is 30.1 Å². The van der Waals surface area contributed by atoms with Crippen LogP contribution in [0.5, 0.6) is 11.5 Å². The molecule has 9 nitrogen and oxygen atoms in total. The van der Waals surface area contributed by atoms with Crippen LogP contribution in [0.25, 0.3) is 0 Å². The minimum Gasteiger partial charge on any atom is -0.493 e. The standard InChI is InChI=1S/C21H26N2O7S/c1-20(2)15(18(25)26)23-16(24)14(17(23)31-20)22-19(27)21(3)11-9-13(29-5)12(28-4)8-10(11)6-7-30-21/h8-9,14-15,17H,6-7H2,1-5H3,(H,22,27)(H,25,26)/t14-,15+,17-,21?/m1/s1. The molecule has 3 aliphatic heterocycles. The molecule has 0 spiro atoms. The maximum Gasteiger partial charge on any atom is 0.327 e. The maximum atomic E-state index is 13.3. The van der Waals surface area contributed by atoms with Crippen molar-refractivity contribution in [3.05, 3.63) is 23.3 Å². The highest BCUT2D eigenvalue weighted by Gasteiger charge is 2.64. The zero-order valence-electron chi connectivity index (χ0n) is 18.1. The van der Waals surface area contributed by atoms with Gasteiger partial charge in [0, 0.05) is 10.3 Å². The Morgan fingerprint density at radius 1 is 1.23 bits per heavy atom. The van der Waals surface area contributed by atoms with Crippen LogP contribution < -0.4 is 14.8 Å². The maximum absolute atomic E-state index is 13.3. The van der Waals surface area contributed by atoms with Gasteiger partial charge in [-0.05, 0) is 44.9 Å². The number of ether oxygens (including phenoxy) is 3. The van der Waals surface area contributed by atoms with Crippen LogP contribution in [0.15, 0.2) is 12.1 Å². The summed E-state index contributed by atoms with van der Waals surface area (Å²) in [7, 11) is 3.07. The number of carboxylic acids is 1. The van der Waals surface area contributed by atoms with Crippen molar-refractivity contribution in [3.8, 4) is 11.5 Å². The highest BCUT2D eigenvalue weighted by molar-refractivity contribution is 8.01. The molecule has 1 aromatic rings. The van der Waals surface area contributed by atoms with Crippen molar-refractivity contribution < 1.29 is 33.7 Å². The van der Waals surface area contributed by atoms with E-state index in [9.17, 15) is 19.5 Å². The number of β-lactam (4-membered cyclic amide) rings is 1. The number of carbonyl (C=O) groups excluding carboxylic acids is 2. The van der Waals surface area contributed by atoms with E-state index >= 15 is 0 Å². The predicted octanol–water partition coefficient (Wildman–Crippen LogP) is 1.12. The Morgan fingerprint density at radius 3 is 2.48 bits per heavy atom. The smallest absolute Gasteiger partial charge is 0.327 e. The number of hydrogen-bond donors (Lipinski definition) is 2. The lowest BCUT2D eigenvalue weighted by Crippen LogP contribution is -2.71.